The SMILES string of the molecule is Cc1ccc(-c2cc(=O)c3ccccc3n2-c2ccccc2C(C)(C)C)cc1. The van der Waals surface area contributed by atoms with Gasteiger partial charge in [0.25, 0.3) is 0 Å². The lowest BCUT2D eigenvalue weighted by molar-refractivity contribution is 0.587. The first-order chi connectivity index (χ1) is 13.4. The fourth-order valence-electron chi connectivity index (χ4n) is 3.77. The van der Waals surface area contributed by atoms with Gasteiger partial charge in [0, 0.05) is 17.1 Å². The third-order valence-corrected chi connectivity index (χ3v) is 5.22. The van der Waals surface area contributed by atoms with Gasteiger partial charge < -0.3 is 4.57 Å². The van der Waals surface area contributed by atoms with Crippen LogP contribution in [0, 0.1) is 6.92 Å². The Hall–Kier alpha value is -3.13. The number of para-hydroxylation sites is 2. The van der Waals surface area contributed by atoms with E-state index in [1.165, 1.54) is 11.1 Å². The summed E-state index contributed by atoms with van der Waals surface area (Å²) in [7, 11) is 0. The van der Waals surface area contributed by atoms with Crippen molar-refractivity contribution >= 4 is 10.9 Å². The van der Waals surface area contributed by atoms with E-state index >= 15 is 0 Å². The number of nitrogens with zero attached hydrogens (tertiary/aromatic N) is 1. The van der Waals surface area contributed by atoms with E-state index in [0.717, 1.165) is 27.8 Å². The highest BCUT2D eigenvalue weighted by molar-refractivity contribution is 5.85. The summed E-state index contributed by atoms with van der Waals surface area (Å²) in [5.41, 5.74) is 6.48. The van der Waals surface area contributed by atoms with Crippen molar-refractivity contribution < 1.29 is 0 Å². The second-order valence-corrected chi connectivity index (χ2v) is 8.38. The summed E-state index contributed by atoms with van der Waals surface area (Å²) in [5.74, 6) is 0. The molecule has 0 spiro atoms. The summed E-state index contributed by atoms with van der Waals surface area (Å²) >= 11 is 0. The first-order valence-corrected chi connectivity index (χ1v) is 9.68. The Morgan fingerprint density at radius 3 is 2.14 bits per heavy atom. The lowest BCUT2D eigenvalue weighted by Crippen LogP contribution is -2.18. The Kier molecular flexibility index (Phi) is 4.43. The molecule has 0 unspecified atom stereocenters. The van der Waals surface area contributed by atoms with Crippen LogP contribution < -0.4 is 5.43 Å². The molecule has 0 aliphatic carbocycles. The molecule has 0 bridgehead atoms. The molecule has 0 aliphatic rings. The molecule has 0 aliphatic heterocycles. The molecule has 140 valence electrons. The number of aromatic nitrogens is 1. The van der Waals surface area contributed by atoms with Crippen molar-refractivity contribution in [3.8, 4) is 16.9 Å². The zero-order valence-electron chi connectivity index (χ0n) is 16.9. The zero-order valence-corrected chi connectivity index (χ0v) is 16.9. The molecule has 0 saturated carbocycles. The Labute approximate surface area is 166 Å². The predicted molar refractivity (Wildman–Crippen MR) is 118 cm³/mol. The van der Waals surface area contributed by atoms with Gasteiger partial charge in [0.2, 0.25) is 0 Å². The number of aryl methyl sites for hydroxylation is 1. The van der Waals surface area contributed by atoms with Crippen LogP contribution in [0.3, 0.4) is 0 Å². The van der Waals surface area contributed by atoms with Crippen LogP contribution in [-0.4, -0.2) is 4.57 Å². The van der Waals surface area contributed by atoms with Crippen LogP contribution in [0.2, 0.25) is 0 Å². The second kappa shape index (κ2) is 6.79. The van der Waals surface area contributed by atoms with E-state index in [1.807, 2.05) is 24.3 Å². The minimum atomic E-state index is -0.0224. The van der Waals surface area contributed by atoms with Gasteiger partial charge in [-0.3, -0.25) is 4.79 Å². The minimum absolute atomic E-state index is 0.0224. The van der Waals surface area contributed by atoms with Gasteiger partial charge in [-0.1, -0.05) is 80.9 Å². The van der Waals surface area contributed by atoms with Gasteiger partial charge in [-0.05, 0) is 41.7 Å². The van der Waals surface area contributed by atoms with Crippen molar-refractivity contribution in [1.29, 1.82) is 0 Å². The number of rotatable bonds is 2. The second-order valence-electron chi connectivity index (χ2n) is 8.38. The van der Waals surface area contributed by atoms with Crippen molar-refractivity contribution in [3.63, 3.8) is 0 Å². The third kappa shape index (κ3) is 3.16. The number of hydrogen-bond acceptors (Lipinski definition) is 1. The first-order valence-electron chi connectivity index (χ1n) is 9.68. The molecule has 4 aromatic rings. The number of hydrogen-bond donors (Lipinski definition) is 0. The van der Waals surface area contributed by atoms with E-state index in [1.54, 1.807) is 6.07 Å². The van der Waals surface area contributed by atoms with Gasteiger partial charge in [-0.15, -0.1) is 0 Å². The normalized spacial score (nSPS) is 11.7. The van der Waals surface area contributed by atoms with Crippen LogP contribution in [0.5, 0.6) is 0 Å². The highest BCUT2D eigenvalue weighted by atomic mass is 16.1. The Balaban J connectivity index is 2.16. The lowest BCUT2D eigenvalue weighted by Gasteiger charge is -2.26. The first kappa shape index (κ1) is 18.2. The molecule has 2 nitrogen and oxygen atoms in total. The maximum Gasteiger partial charge on any atom is 0.190 e. The Bertz CT molecular complexity index is 1210. The van der Waals surface area contributed by atoms with Crippen LogP contribution in [-0.2, 0) is 5.41 Å². The van der Waals surface area contributed by atoms with Crippen LogP contribution >= 0.6 is 0 Å². The van der Waals surface area contributed by atoms with E-state index < -0.39 is 0 Å². The molecule has 1 heterocycles. The molecule has 2 heteroatoms. The molecule has 0 atom stereocenters. The van der Waals surface area contributed by atoms with Gasteiger partial charge in [0.05, 0.1) is 11.2 Å². The van der Waals surface area contributed by atoms with Crippen LogP contribution in [0.25, 0.3) is 27.8 Å². The number of benzene rings is 3. The van der Waals surface area contributed by atoms with Crippen molar-refractivity contribution in [2.75, 3.05) is 0 Å². The number of pyridine rings is 1. The molecule has 28 heavy (non-hydrogen) atoms. The lowest BCUT2D eigenvalue weighted by atomic mass is 9.85. The summed E-state index contributed by atoms with van der Waals surface area (Å²) in [5, 5.41) is 0.738. The average Bonchev–Trinajstić information content (AvgIpc) is 2.68. The monoisotopic (exact) mass is 367 g/mol. The average molecular weight is 367 g/mol. The molecule has 3 aromatic carbocycles. The summed E-state index contributed by atoms with van der Waals surface area (Å²) in [6.45, 7) is 8.75. The van der Waals surface area contributed by atoms with Crippen molar-refractivity contribution in [2.45, 2.75) is 33.1 Å². The molecule has 0 amide bonds. The molecule has 0 N–H and O–H groups in total. The maximum atomic E-state index is 12.9. The predicted octanol–water partition coefficient (Wildman–Crippen LogP) is 6.26. The topological polar surface area (TPSA) is 22.0 Å². The van der Waals surface area contributed by atoms with Crippen LogP contribution in [0.4, 0.5) is 0 Å². The summed E-state index contributed by atoms with van der Waals surface area (Å²) in [4.78, 5) is 12.9. The molecule has 4 rings (SSSR count). The highest BCUT2D eigenvalue weighted by Crippen LogP contribution is 2.33. The maximum absolute atomic E-state index is 12.9. The summed E-state index contributed by atoms with van der Waals surface area (Å²) in [6.07, 6.45) is 0. The van der Waals surface area contributed by atoms with E-state index in [0.29, 0.717) is 0 Å². The van der Waals surface area contributed by atoms with E-state index in [2.05, 4.69) is 80.8 Å². The summed E-state index contributed by atoms with van der Waals surface area (Å²) in [6, 6.07) is 26.5. The van der Waals surface area contributed by atoms with E-state index in [9.17, 15) is 4.79 Å². The zero-order chi connectivity index (χ0) is 19.9. The quantitative estimate of drug-likeness (QED) is 0.410. The Morgan fingerprint density at radius 1 is 0.786 bits per heavy atom. The van der Waals surface area contributed by atoms with Gasteiger partial charge in [0.1, 0.15) is 0 Å². The highest BCUT2D eigenvalue weighted by Gasteiger charge is 2.21. The van der Waals surface area contributed by atoms with Gasteiger partial charge in [0.15, 0.2) is 5.43 Å². The van der Waals surface area contributed by atoms with E-state index in [4.69, 9.17) is 0 Å². The summed E-state index contributed by atoms with van der Waals surface area (Å²) < 4.78 is 2.24. The van der Waals surface area contributed by atoms with Crippen molar-refractivity contribution in [2.24, 2.45) is 0 Å². The van der Waals surface area contributed by atoms with Crippen molar-refractivity contribution in [1.82, 2.24) is 4.57 Å². The largest absolute Gasteiger partial charge is 0.309 e. The fraction of sp³-hybridized carbons (Fsp3) is 0.192. The van der Waals surface area contributed by atoms with Gasteiger partial charge >= 0.3 is 0 Å². The Morgan fingerprint density at radius 2 is 1.43 bits per heavy atom. The molecular weight excluding hydrogens is 342 g/mol. The van der Waals surface area contributed by atoms with E-state index in [-0.39, 0.29) is 10.8 Å². The van der Waals surface area contributed by atoms with Crippen LogP contribution in [0.1, 0.15) is 31.9 Å². The van der Waals surface area contributed by atoms with Crippen molar-refractivity contribution in [3.05, 3.63) is 100 Å². The number of fused-ring (bicyclic) bond motifs is 1. The fourth-order valence-corrected chi connectivity index (χ4v) is 3.77. The molecule has 0 fully saturated rings. The van der Waals surface area contributed by atoms with Gasteiger partial charge in [-0.25, -0.2) is 0 Å². The minimum Gasteiger partial charge on any atom is -0.309 e. The molecule has 0 radical (unpaired) electrons. The standard InChI is InChI=1S/C26H25NO/c1-18-13-15-19(16-14-18)24-17-25(28)20-9-5-7-11-22(20)27(24)23-12-8-6-10-21(23)26(2,3)4/h5-17H,1-4H3. The van der Waals surface area contributed by atoms with Gasteiger partial charge in [-0.2, -0.15) is 0 Å². The molecule has 0 saturated heterocycles. The third-order valence-electron chi connectivity index (χ3n) is 5.22. The molecular formula is C26H25NO. The smallest absolute Gasteiger partial charge is 0.190 e. The molecule has 1 aromatic heterocycles. The van der Waals surface area contributed by atoms with Crippen LogP contribution in [0.15, 0.2) is 83.7 Å².